The van der Waals surface area contributed by atoms with Gasteiger partial charge in [0, 0.05) is 13.7 Å². The Kier molecular flexibility index (Phi) is 7.33. The highest BCUT2D eigenvalue weighted by Crippen LogP contribution is 1.92. The summed E-state index contributed by atoms with van der Waals surface area (Å²) in [6, 6.07) is 0. The van der Waals surface area contributed by atoms with Crippen molar-refractivity contribution in [2.45, 2.75) is 12.8 Å². The number of hydrogen-bond acceptors (Lipinski definition) is 4. The van der Waals surface area contributed by atoms with Crippen LogP contribution in [0.3, 0.4) is 0 Å². The molecule has 0 aromatic carbocycles. The number of amidine groups is 1. The van der Waals surface area contributed by atoms with Crippen LogP contribution in [-0.2, 0) is 4.74 Å². The molecule has 13 heavy (non-hydrogen) atoms. The number of ether oxygens (including phenoxy) is 1. The van der Waals surface area contributed by atoms with Crippen LogP contribution in [-0.4, -0.2) is 49.8 Å². The number of nitrogens with zero attached hydrogens (tertiary/aromatic N) is 2. The second-order valence-electron chi connectivity index (χ2n) is 3.03. The van der Waals surface area contributed by atoms with Crippen molar-refractivity contribution < 1.29 is 9.94 Å². The van der Waals surface area contributed by atoms with Gasteiger partial charge in [-0.05, 0) is 26.4 Å². The average molecular weight is 189 g/mol. The van der Waals surface area contributed by atoms with Crippen LogP contribution in [0.5, 0.6) is 0 Å². The largest absolute Gasteiger partial charge is 0.409 e. The Labute approximate surface area is 79.2 Å². The Morgan fingerprint density at radius 3 is 2.77 bits per heavy atom. The molecule has 78 valence electrons. The number of unbranched alkanes of at least 4 members (excludes halogenated alkanes) is 1. The molecule has 0 rings (SSSR count). The Balaban J connectivity index is 3.35. The van der Waals surface area contributed by atoms with Gasteiger partial charge in [-0.15, -0.1) is 0 Å². The van der Waals surface area contributed by atoms with Crippen LogP contribution in [0.1, 0.15) is 12.8 Å². The summed E-state index contributed by atoms with van der Waals surface area (Å²) >= 11 is 0. The number of rotatable bonds is 7. The SMILES string of the molecule is COCCCCN(C)CC(N)=NO. The standard InChI is InChI=1S/C8H19N3O2/c1-11(7-8(9)10-12)5-3-4-6-13-2/h12H,3-7H2,1-2H3,(H2,9,10). The van der Waals surface area contributed by atoms with Crippen molar-refractivity contribution in [1.82, 2.24) is 4.90 Å². The zero-order valence-corrected chi connectivity index (χ0v) is 8.36. The van der Waals surface area contributed by atoms with Crippen molar-refractivity contribution in [2.24, 2.45) is 10.9 Å². The van der Waals surface area contributed by atoms with E-state index in [0.717, 1.165) is 26.0 Å². The fraction of sp³-hybridized carbons (Fsp3) is 0.875. The number of methoxy groups -OCH3 is 1. The van der Waals surface area contributed by atoms with Crippen molar-refractivity contribution in [3.63, 3.8) is 0 Å². The molecule has 0 aromatic heterocycles. The first-order valence-corrected chi connectivity index (χ1v) is 4.34. The normalized spacial score (nSPS) is 12.4. The van der Waals surface area contributed by atoms with Crippen LogP contribution in [0, 0.1) is 0 Å². The molecule has 5 nitrogen and oxygen atoms in total. The number of oxime groups is 1. The van der Waals surface area contributed by atoms with Crippen molar-refractivity contribution >= 4 is 5.84 Å². The molecule has 0 saturated heterocycles. The summed E-state index contributed by atoms with van der Waals surface area (Å²) in [6.07, 6.45) is 2.10. The first-order chi connectivity index (χ1) is 6.20. The van der Waals surface area contributed by atoms with E-state index < -0.39 is 0 Å². The van der Waals surface area contributed by atoms with E-state index in [-0.39, 0.29) is 5.84 Å². The number of likely N-dealkylation sites (N-methyl/N-ethyl adjacent to an activating group) is 1. The van der Waals surface area contributed by atoms with E-state index >= 15 is 0 Å². The molecular formula is C8H19N3O2. The molecule has 0 fully saturated rings. The quantitative estimate of drug-likeness (QED) is 0.196. The number of nitrogens with two attached hydrogens (primary N) is 1. The molecular weight excluding hydrogens is 170 g/mol. The highest BCUT2D eigenvalue weighted by Gasteiger charge is 2.00. The topological polar surface area (TPSA) is 71.1 Å². The lowest BCUT2D eigenvalue weighted by Crippen LogP contribution is -2.31. The van der Waals surface area contributed by atoms with E-state index in [9.17, 15) is 0 Å². The molecule has 5 heteroatoms. The highest BCUT2D eigenvalue weighted by molar-refractivity contribution is 5.81. The summed E-state index contributed by atoms with van der Waals surface area (Å²) in [6.45, 7) is 2.22. The van der Waals surface area contributed by atoms with Gasteiger partial charge in [-0.1, -0.05) is 5.16 Å². The lowest BCUT2D eigenvalue weighted by molar-refractivity contribution is 0.188. The van der Waals surface area contributed by atoms with Crippen LogP contribution in [0.25, 0.3) is 0 Å². The molecule has 3 N–H and O–H groups in total. The molecule has 0 bridgehead atoms. The van der Waals surface area contributed by atoms with Gasteiger partial charge in [0.2, 0.25) is 0 Å². The van der Waals surface area contributed by atoms with E-state index in [2.05, 4.69) is 5.16 Å². The molecule has 0 radical (unpaired) electrons. The number of hydrogen-bond donors (Lipinski definition) is 2. The first-order valence-electron chi connectivity index (χ1n) is 4.34. The molecule has 0 aliphatic rings. The minimum absolute atomic E-state index is 0.245. The van der Waals surface area contributed by atoms with Crippen LogP contribution in [0.2, 0.25) is 0 Å². The Morgan fingerprint density at radius 2 is 2.23 bits per heavy atom. The van der Waals surface area contributed by atoms with Gasteiger partial charge in [0.05, 0.1) is 6.54 Å². The molecule has 0 aliphatic carbocycles. The molecule has 0 spiro atoms. The molecule has 0 heterocycles. The van der Waals surface area contributed by atoms with Crippen molar-refractivity contribution in [3.8, 4) is 0 Å². The van der Waals surface area contributed by atoms with Crippen LogP contribution in [0.4, 0.5) is 0 Å². The third-order valence-electron chi connectivity index (χ3n) is 1.70. The average Bonchev–Trinajstić information content (AvgIpc) is 2.12. The zero-order valence-electron chi connectivity index (χ0n) is 8.36. The van der Waals surface area contributed by atoms with E-state index in [0.29, 0.717) is 6.54 Å². The Hall–Kier alpha value is -0.810. The van der Waals surface area contributed by atoms with Gasteiger partial charge in [-0.25, -0.2) is 0 Å². The van der Waals surface area contributed by atoms with E-state index in [4.69, 9.17) is 15.7 Å². The lowest BCUT2D eigenvalue weighted by atomic mass is 10.3. The van der Waals surface area contributed by atoms with Crippen molar-refractivity contribution in [3.05, 3.63) is 0 Å². The maximum absolute atomic E-state index is 8.31. The van der Waals surface area contributed by atoms with E-state index in [1.165, 1.54) is 0 Å². The van der Waals surface area contributed by atoms with Gasteiger partial charge in [0.25, 0.3) is 0 Å². The summed E-state index contributed by atoms with van der Waals surface area (Å²) in [4.78, 5) is 2.00. The Bertz CT molecular complexity index is 150. The Morgan fingerprint density at radius 1 is 1.54 bits per heavy atom. The predicted octanol–water partition coefficient (Wildman–Crippen LogP) is 0.0912. The van der Waals surface area contributed by atoms with Crippen molar-refractivity contribution in [2.75, 3.05) is 33.9 Å². The van der Waals surface area contributed by atoms with Gasteiger partial charge in [0.1, 0.15) is 0 Å². The van der Waals surface area contributed by atoms with Gasteiger partial charge in [-0.2, -0.15) is 0 Å². The second kappa shape index (κ2) is 7.82. The summed E-state index contributed by atoms with van der Waals surface area (Å²) in [5.41, 5.74) is 5.34. The smallest absolute Gasteiger partial charge is 0.153 e. The monoisotopic (exact) mass is 189 g/mol. The summed E-state index contributed by atoms with van der Waals surface area (Å²) in [5, 5.41) is 11.2. The van der Waals surface area contributed by atoms with Crippen LogP contribution < -0.4 is 5.73 Å². The molecule has 0 saturated carbocycles. The first kappa shape index (κ1) is 12.2. The summed E-state index contributed by atoms with van der Waals surface area (Å²) in [5.74, 6) is 0.245. The second-order valence-corrected chi connectivity index (χ2v) is 3.03. The van der Waals surface area contributed by atoms with Crippen LogP contribution >= 0.6 is 0 Å². The fourth-order valence-electron chi connectivity index (χ4n) is 1.02. The third kappa shape index (κ3) is 7.55. The van der Waals surface area contributed by atoms with Crippen LogP contribution in [0.15, 0.2) is 5.16 Å². The minimum atomic E-state index is 0.245. The van der Waals surface area contributed by atoms with Gasteiger partial charge >= 0.3 is 0 Å². The molecule has 0 aromatic rings. The maximum Gasteiger partial charge on any atom is 0.153 e. The third-order valence-corrected chi connectivity index (χ3v) is 1.70. The predicted molar refractivity (Wildman–Crippen MR) is 52.0 cm³/mol. The summed E-state index contributed by atoms with van der Waals surface area (Å²) < 4.78 is 4.92. The van der Waals surface area contributed by atoms with Gasteiger partial charge in [-0.3, -0.25) is 4.90 Å². The lowest BCUT2D eigenvalue weighted by Gasteiger charge is -2.14. The minimum Gasteiger partial charge on any atom is -0.409 e. The highest BCUT2D eigenvalue weighted by atomic mass is 16.5. The summed E-state index contributed by atoms with van der Waals surface area (Å²) in [7, 11) is 3.63. The molecule has 0 unspecified atom stereocenters. The van der Waals surface area contributed by atoms with Gasteiger partial charge in [0.15, 0.2) is 5.84 Å². The van der Waals surface area contributed by atoms with E-state index in [1.807, 2.05) is 11.9 Å². The zero-order chi connectivity index (χ0) is 10.1. The molecule has 0 atom stereocenters. The maximum atomic E-state index is 8.31. The fourth-order valence-corrected chi connectivity index (χ4v) is 1.02. The molecule has 0 amide bonds. The van der Waals surface area contributed by atoms with E-state index in [1.54, 1.807) is 7.11 Å². The van der Waals surface area contributed by atoms with Gasteiger partial charge < -0.3 is 15.7 Å². The molecule has 0 aliphatic heterocycles. The van der Waals surface area contributed by atoms with Crippen molar-refractivity contribution in [1.29, 1.82) is 0 Å².